The molecule has 46 heavy (non-hydrogen) atoms. The summed E-state index contributed by atoms with van der Waals surface area (Å²) in [5.41, 5.74) is 5.89. The number of amides is 1. The van der Waals surface area contributed by atoms with E-state index in [1.54, 1.807) is 6.92 Å². The third kappa shape index (κ3) is 9.04. The Labute approximate surface area is 273 Å². The molecule has 0 unspecified atom stereocenters. The molecule has 8 nitrogen and oxygen atoms in total. The van der Waals surface area contributed by atoms with Crippen molar-refractivity contribution in [2.45, 2.75) is 90.6 Å². The number of nitrogens with zero attached hydrogens (tertiary/aromatic N) is 1. The molecule has 0 aromatic heterocycles. The molecule has 2 N–H and O–H groups in total. The summed E-state index contributed by atoms with van der Waals surface area (Å²) >= 11 is 0. The van der Waals surface area contributed by atoms with Crippen LogP contribution in [0.25, 0.3) is 11.1 Å². The molecule has 2 aliphatic rings. The Hall–Kier alpha value is -3.56. The van der Waals surface area contributed by atoms with Gasteiger partial charge in [-0.2, -0.15) is 0 Å². The molecule has 0 spiro atoms. The molecule has 5 rings (SSSR count). The highest BCUT2D eigenvalue weighted by Crippen LogP contribution is 2.42. The van der Waals surface area contributed by atoms with Gasteiger partial charge in [0.15, 0.2) is 12.4 Å². The van der Waals surface area contributed by atoms with Gasteiger partial charge in [0.25, 0.3) is 5.91 Å². The fourth-order valence-corrected chi connectivity index (χ4v) is 6.44. The van der Waals surface area contributed by atoms with E-state index >= 15 is 0 Å². The van der Waals surface area contributed by atoms with Crippen LogP contribution in [0.2, 0.25) is 0 Å². The summed E-state index contributed by atoms with van der Waals surface area (Å²) in [4.78, 5) is 26.1. The largest absolute Gasteiger partial charge is 0.453 e. The molecule has 2 heterocycles. The minimum atomic E-state index is -0.847. The van der Waals surface area contributed by atoms with Gasteiger partial charge in [0, 0.05) is 31.5 Å². The molecule has 5 atom stereocenters. The molecule has 8 heteroatoms. The van der Waals surface area contributed by atoms with Crippen molar-refractivity contribution in [2.75, 3.05) is 19.6 Å². The van der Waals surface area contributed by atoms with Crippen molar-refractivity contribution in [1.29, 1.82) is 0 Å². The highest BCUT2D eigenvalue weighted by atomic mass is 16.7. The summed E-state index contributed by atoms with van der Waals surface area (Å²) in [6, 6.07) is 24.4. The molecular weight excluding hydrogens is 580 g/mol. The summed E-state index contributed by atoms with van der Waals surface area (Å²) < 4.78 is 18.5. The predicted molar refractivity (Wildman–Crippen MR) is 177 cm³/mol. The number of ether oxygens (including phenoxy) is 3. The highest BCUT2D eigenvalue weighted by molar-refractivity contribution is 5.82. The maximum Gasteiger partial charge on any atom is 0.303 e. The predicted octanol–water partition coefficient (Wildman–Crippen LogP) is 6.47. The van der Waals surface area contributed by atoms with Gasteiger partial charge in [0.05, 0.1) is 18.8 Å². The standard InChI is InChI=1S/C38H48N2O6/c1-26-35(24-40-19-7-5-4-6-8-20-40)45-38(46-36(26)31-17-15-29(25-41)16-18-31)34-14-10-13-33(22-34)32-12-9-11-30(21-32)23-39-37(43)27(2)44-28(3)42/h9-18,21-22,26-27,35-36,38,41H,4-8,19-20,23-25H2,1-3H3,(H,39,43)/t26-,27-,35+,36+,38+/m0/s1. The third-order valence-electron chi connectivity index (χ3n) is 9.11. The molecule has 2 fully saturated rings. The number of hydrogen-bond donors (Lipinski definition) is 2. The Bertz CT molecular complexity index is 1440. The second-order valence-electron chi connectivity index (χ2n) is 12.7. The monoisotopic (exact) mass is 628 g/mol. The molecule has 3 aromatic carbocycles. The van der Waals surface area contributed by atoms with Gasteiger partial charge in [0.2, 0.25) is 0 Å². The average molecular weight is 629 g/mol. The smallest absolute Gasteiger partial charge is 0.303 e. The van der Waals surface area contributed by atoms with E-state index < -0.39 is 18.4 Å². The van der Waals surface area contributed by atoms with E-state index in [9.17, 15) is 14.7 Å². The Morgan fingerprint density at radius 3 is 2.26 bits per heavy atom. The number of likely N-dealkylation sites (tertiary alicyclic amines) is 1. The third-order valence-corrected chi connectivity index (χ3v) is 9.11. The maximum absolute atomic E-state index is 12.4. The van der Waals surface area contributed by atoms with E-state index in [2.05, 4.69) is 53.5 Å². The molecular formula is C38H48N2O6. The van der Waals surface area contributed by atoms with E-state index in [1.165, 1.54) is 39.0 Å². The Morgan fingerprint density at radius 1 is 0.891 bits per heavy atom. The van der Waals surface area contributed by atoms with Crippen molar-refractivity contribution in [3.05, 3.63) is 95.1 Å². The first kappa shape index (κ1) is 33.8. The zero-order valence-electron chi connectivity index (χ0n) is 27.3. The first-order chi connectivity index (χ1) is 22.3. The fourth-order valence-electron chi connectivity index (χ4n) is 6.44. The topological polar surface area (TPSA) is 97.3 Å². The van der Waals surface area contributed by atoms with Crippen LogP contribution < -0.4 is 5.32 Å². The van der Waals surface area contributed by atoms with Crippen LogP contribution in [0.5, 0.6) is 0 Å². The number of nitrogens with one attached hydrogen (secondary N) is 1. The molecule has 0 aliphatic carbocycles. The van der Waals surface area contributed by atoms with Crippen LogP contribution in [0.15, 0.2) is 72.8 Å². The number of aliphatic hydroxyl groups is 1. The zero-order chi connectivity index (χ0) is 32.5. The van der Waals surface area contributed by atoms with Crippen LogP contribution in [0.3, 0.4) is 0 Å². The first-order valence-electron chi connectivity index (χ1n) is 16.7. The number of benzene rings is 3. The van der Waals surface area contributed by atoms with Crippen molar-refractivity contribution < 1.29 is 28.9 Å². The zero-order valence-corrected chi connectivity index (χ0v) is 27.3. The molecule has 1 amide bonds. The van der Waals surface area contributed by atoms with Crippen LogP contribution >= 0.6 is 0 Å². The first-order valence-corrected chi connectivity index (χ1v) is 16.7. The van der Waals surface area contributed by atoms with E-state index in [0.29, 0.717) is 6.54 Å². The van der Waals surface area contributed by atoms with Crippen molar-refractivity contribution in [3.8, 4) is 11.1 Å². The van der Waals surface area contributed by atoms with E-state index in [0.717, 1.165) is 53.0 Å². The van der Waals surface area contributed by atoms with Crippen molar-refractivity contribution >= 4 is 11.9 Å². The fraction of sp³-hybridized carbons (Fsp3) is 0.474. The molecule has 2 saturated heterocycles. The van der Waals surface area contributed by atoms with Crippen LogP contribution in [0.4, 0.5) is 0 Å². The quantitative estimate of drug-likeness (QED) is 0.249. The average Bonchev–Trinajstić information content (AvgIpc) is 3.05. The molecule has 0 radical (unpaired) electrons. The summed E-state index contributed by atoms with van der Waals surface area (Å²) in [6.07, 6.45) is 4.81. The molecule has 0 saturated carbocycles. The van der Waals surface area contributed by atoms with E-state index in [-0.39, 0.29) is 30.6 Å². The van der Waals surface area contributed by atoms with Gasteiger partial charge in [-0.15, -0.1) is 0 Å². The van der Waals surface area contributed by atoms with Crippen LogP contribution in [-0.2, 0) is 37.0 Å². The van der Waals surface area contributed by atoms with Crippen LogP contribution in [-0.4, -0.2) is 53.7 Å². The van der Waals surface area contributed by atoms with Crippen LogP contribution in [0, 0.1) is 5.92 Å². The molecule has 246 valence electrons. The second kappa shape index (κ2) is 16.3. The van der Waals surface area contributed by atoms with Gasteiger partial charge in [-0.3, -0.25) is 9.59 Å². The normalized spacial score (nSPS) is 23.1. The number of rotatable bonds is 10. The molecule has 0 bridgehead atoms. The number of carbonyl (C=O) groups is 2. The Balaban J connectivity index is 1.35. The number of carbonyl (C=O) groups excluding carboxylic acids is 2. The minimum absolute atomic E-state index is 0.00864. The van der Waals surface area contributed by atoms with Crippen LogP contribution in [0.1, 0.15) is 87.5 Å². The van der Waals surface area contributed by atoms with Gasteiger partial charge in [-0.05, 0) is 72.8 Å². The lowest BCUT2D eigenvalue weighted by molar-refractivity contribution is -0.276. The number of hydrogen-bond acceptors (Lipinski definition) is 7. The summed E-state index contributed by atoms with van der Waals surface area (Å²) in [6.45, 7) is 8.48. The lowest BCUT2D eigenvalue weighted by Crippen LogP contribution is -2.45. The Morgan fingerprint density at radius 2 is 1.57 bits per heavy atom. The lowest BCUT2D eigenvalue weighted by Gasteiger charge is -2.43. The maximum atomic E-state index is 12.4. The Kier molecular flexibility index (Phi) is 12.0. The lowest BCUT2D eigenvalue weighted by atomic mass is 9.89. The SMILES string of the molecule is CC(=O)O[C@@H](C)C(=O)NCc1cccc(-c2cccc([C@@H]3O[C@H](CN4CCCCCCC4)[C@H](C)[C@H](c4ccc(CO)cc4)O3)c2)c1. The second-order valence-corrected chi connectivity index (χ2v) is 12.7. The molecule has 3 aromatic rings. The summed E-state index contributed by atoms with van der Waals surface area (Å²) in [7, 11) is 0. The van der Waals surface area contributed by atoms with Gasteiger partial charge < -0.3 is 29.5 Å². The van der Waals surface area contributed by atoms with Crippen molar-refractivity contribution in [2.24, 2.45) is 5.92 Å². The van der Waals surface area contributed by atoms with E-state index in [4.69, 9.17) is 14.2 Å². The van der Waals surface area contributed by atoms with Gasteiger partial charge in [-0.25, -0.2) is 0 Å². The van der Waals surface area contributed by atoms with Gasteiger partial charge in [0.1, 0.15) is 0 Å². The van der Waals surface area contributed by atoms with Gasteiger partial charge >= 0.3 is 5.97 Å². The molecule has 2 aliphatic heterocycles. The number of esters is 1. The summed E-state index contributed by atoms with van der Waals surface area (Å²) in [5.74, 6) is -0.686. The van der Waals surface area contributed by atoms with Crippen molar-refractivity contribution in [1.82, 2.24) is 10.2 Å². The minimum Gasteiger partial charge on any atom is -0.453 e. The van der Waals surface area contributed by atoms with E-state index in [1.807, 2.05) is 36.4 Å². The van der Waals surface area contributed by atoms with Gasteiger partial charge in [-0.1, -0.05) is 86.8 Å². The van der Waals surface area contributed by atoms with Crippen molar-refractivity contribution in [3.63, 3.8) is 0 Å². The summed E-state index contributed by atoms with van der Waals surface area (Å²) in [5, 5.41) is 12.4. The number of aliphatic hydroxyl groups excluding tert-OH is 1. The highest BCUT2D eigenvalue weighted by Gasteiger charge is 2.39.